The first-order valence-corrected chi connectivity index (χ1v) is 9.15. The largest absolute Gasteiger partial charge is 0.354 e. The second-order valence-electron chi connectivity index (χ2n) is 6.98. The van der Waals surface area contributed by atoms with Crippen molar-refractivity contribution in [3.63, 3.8) is 0 Å². The number of nitrogens with zero attached hydrogens (tertiary/aromatic N) is 6. The van der Waals surface area contributed by atoms with Crippen molar-refractivity contribution in [2.75, 3.05) is 31.1 Å². The Kier molecular flexibility index (Phi) is 5.32. The van der Waals surface area contributed by atoms with Crippen LogP contribution in [0.2, 0.25) is 0 Å². The zero-order valence-electron chi connectivity index (χ0n) is 15.9. The molecular weight excluding hydrogens is 316 g/mol. The zero-order valence-corrected chi connectivity index (χ0v) is 15.9. The molecule has 2 aromatic heterocycles. The SMILES string of the molecule is CCc1noc([C@H](C)N2CCN(c3cc(C)nc(C(C)C)n3)CC2)n1. The fourth-order valence-corrected chi connectivity index (χ4v) is 3.07. The van der Waals surface area contributed by atoms with Crippen LogP contribution in [0, 0.1) is 6.92 Å². The van der Waals surface area contributed by atoms with E-state index in [0.29, 0.717) is 11.8 Å². The normalized spacial score (nSPS) is 17.3. The van der Waals surface area contributed by atoms with E-state index >= 15 is 0 Å². The molecule has 0 aliphatic carbocycles. The van der Waals surface area contributed by atoms with E-state index in [1.165, 1.54) is 0 Å². The molecule has 0 N–H and O–H groups in total. The third kappa shape index (κ3) is 3.98. The van der Waals surface area contributed by atoms with E-state index in [4.69, 9.17) is 9.51 Å². The summed E-state index contributed by atoms with van der Waals surface area (Å²) in [6.07, 6.45) is 0.801. The summed E-state index contributed by atoms with van der Waals surface area (Å²) in [4.78, 5) is 18.5. The van der Waals surface area contributed by atoms with Gasteiger partial charge >= 0.3 is 0 Å². The van der Waals surface area contributed by atoms with Gasteiger partial charge in [-0.15, -0.1) is 0 Å². The molecule has 0 unspecified atom stereocenters. The molecule has 3 rings (SSSR count). The van der Waals surface area contributed by atoms with Gasteiger partial charge in [-0.25, -0.2) is 9.97 Å². The van der Waals surface area contributed by atoms with Gasteiger partial charge in [-0.2, -0.15) is 4.98 Å². The molecule has 7 heteroatoms. The molecular formula is C18H28N6O. The molecule has 2 aromatic rings. The van der Waals surface area contributed by atoms with Crippen LogP contribution in [-0.4, -0.2) is 51.2 Å². The van der Waals surface area contributed by atoms with Crippen molar-refractivity contribution in [1.29, 1.82) is 0 Å². The molecule has 136 valence electrons. The lowest BCUT2D eigenvalue weighted by molar-refractivity contribution is 0.164. The van der Waals surface area contributed by atoms with Crippen LogP contribution in [0.15, 0.2) is 10.6 Å². The predicted octanol–water partition coefficient (Wildman–Crippen LogP) is 2.74. The molecule has 1 aliphatic heterocycles. The van der Waals surface area contributed by atoms with E-state index in [2.05, 4.69) is 51.8 Å². The van der Waals surface area contributed by atoms with E-state index < -0.39 is 0 Å². The number of hydrogen-bond acceptors (Lipinski definition) is 7. The number of aryl methyl sites for hydroxylation is 2. The number of anilines is 1. The molecule has 1 fully saturated rings. The molecule has 0 aromatic carbocycles. The fourth-order valence-electron chi connectivity index (χ4n) is 3.07. The van der Waals surface area contributed by atoms with Crippen molar-refractivity contribution in [1.82, 2.24) is 25.0 Å². The average Bonchev–Trinajstić information content (AvgIpc) is 3.10. The number of hydrogen-bond donors (Lipinski definition) is 0. The Morgan fingerprint density at radius 2 is 1.80 bits per heavy atom. The number of piperazine rings is 1. The molecule has 1 aliphatic rings. The van der Waals surface area contributed by atoms with E-state index in [9.17, 15) is 0 Å². The average molecular weight is 344 g/mol. The summed E-state index contributed by atoms with van der Waals surface area (Å²) in [5.41, 5.74) is 1.03. The standard InChI is InChI=1S/C18H28N6O/c1-6-15-20-18(25-22-15)14(5)23-7-9-24(10-8-23)16-11-13(4)19-17(21-16)12(2)3/h11-12,14H,6-10H2,1-5H3/t14-/m0/s1. The van der Waals surface area contributed by atoms with Crippen LogP contribution >= 0.6 is 0 Å². The van der Waals surface area contributed by atoms with E-state index in [1.807, 2.05) is 13.8 Å². The van der Waals surface area contributed by atoms with Crippen LogP contribution in [0.1, 0.15) is 62.9 Å². The van der Waals surface area contributed by atoms with Crippen molar-refractivity contribution in [3.8, 4) is 0 Å². The van der Waals surface area contributed by atoms with E-state index in [0.717, 1.165) is 55.8 Å². The first kappa shape index (κ1) is 17.8. The van der Waals surface area contributed by atoms with Gasteiger partial charge in [0.1, 0.15) is 11.6 Å². The molecule has 0 spiro atoms. The maximum atomic E-state index is 5.40. The fraction of sp³-hybridized carbons (Fsp3) is 0.667. The Morgan fingerprint density at radius 1 is 1.08 bits per heavy atom. The maximum absolute atomic E-state index is 5.40. The summed E-state index contributed by atoms with van der Waals surface area (Å²) >= 11 is 0. The monoisotopic (exact) mass is 344 g/mol. The second-order valence-corrected chi connectivity index (χ2v) is 6.98. The lowest BCUT2D eigenvalue weighted by Crippen LogP contribution is -2.47. The van der Waals surface area contributed by atoms with Crippen molar-refractivity contribution < 1.29 is 4.52 Å². The number of rotatable bonds is 5. The molecule has 0 radical (unpaired) electrons. The highest BCUT2D eigenvalue weighted by atomic mass is 16.5. The Labute approximate surface area is 149 Å². The van der Waals surface area contributed by atoms with Crippen molar-refractivity contribution >= 4 is 5.82 Å². The minimum atomic E-state index is 0.147. The van der Waals surface area contributed by atoms with Gasteiger partial charge in [0.2, 0.25) is 5.89 Å². The quantitative estimate of drug-likeness (QED) is 0.826. The Morgan fingerprint density at radius 3 is 2.40 bits per heavy atom. The maximum Gasteiger partial charge on any atom is 0.243 e. The van der Waals surface area contributed by atoms with Crippen LogP contribution in [-0.2, 0) is 6.42 Å². The van der Waals surface area contributed by atoms with Gasteiger partial charge in [-0.05, 0) is 13.8 Å². The van der Waals surface area contributed by atoms with Gasteiger partial charge in [0, 0.05) is 50.3 Å². The van der Waals surface area contributed by atoms with Gasteiger partial charge < -0.3 is 9.42 Å². The topological polar surface area (TPSA) is 71.2 Å². The van der Waals surface area contributed by atoms with Crippen molar-refractivity contribution in [2.45, 2.75) is 53.0 Å². The first-order chi connectivity index (χ1) is 12.0. The summed E-state index contributed by atoms with van der Waals surface area (Å²) in [6.45, 7) is 14.2. The lowest BCUT2D eigenvalue weighted by atomic mass is 10.2. The molecule has 3 heterocycles. The van der Waals surface area contributed by atoms with Crippen LogP contribution < -0.4 is 4.90 Å². The third-order valence-corrected chi connectivity index (χ3v) is 4.72. The van der Waals surface area contributed by atoms with Crippen LogP contribution in [0.4, 0.5) is 5.82 Å². The van der Waals surface area contributed by atoms with Crippen molar-refractivity contribution in [3.05, 3.63) is 29.3 Å². The second kappa shape index (κ2) is 7.47. The summed E-state index contributed by atoms with van der Waals surface area (Å²) < 4.78 is 5.40. The van der Waals surface area contributed by atoms with Gasteiger partial charge in [-0.3, -0.25) is 4.90 Å². The zero-order chi connectivity index (χ0) is 18.0. The van der Waals surface area contributed by atoms with Crippen molar-refractivity contribution in [2.24, 2.45) is 0 Å². The Balaban J connectivity index is 1.65. The highest BCUT2D eigenvalue weighted by molar-refractivity contribution is 5.40. The van der Waals surface area contributed by atoms with Crippen LogP contribution in [0.25, 0.3) is 0 Å². The van der Waals surface area contributed by atoms with Crippen LogP contribution in [0.3, 0.4) is 0 Å². The minimum absolute atomic E-state index is 0.147. The molecule has 7 nitrogen and oxygen atoms in total. The summed E-state index contributed by atoms with van der Waals surface area (Å²) in [5.74, 6) is 3.78. The smallest absolute Gasteiger partial charge is 0.243 e. The van der Waals surface area contributed by atoms with Gasteiger partial charge in [0.25, 0.3) is 0 Å². The van der Waals surface area contributed by atoms with Gasteiger partial charge in [-0.1, -0.05) is 25.9 Å². The highest BCUT2D eigenvalue weighted by Gasteiger charge is 2.26. The molecule has 0 bridgehead atoms. The molecule has 0 amide bonds. The van der Waals surface area contributed by atoms with E-state index in [-0.39, 0.29) is 6.04 Å². The first-order valence-electron chi connectivity index (χ1n) is 9.15. The number of aromatic nitrogens is 4. The summed E-state index contributed by atoms with van der Waals surface area (Å²) in [5, 5.41) is 4.01. The van der Waals surface area contributed by atoms with E-state index in [1.54, 1.807) is 0 Å². The summed E-state index contributed by atoms with van der Waals surface area (Å²) in [6, 6.07) is 2.23. The predicted molar refractivity (Wildman–Crippen MR) is 96.7 cm³/mol. The Hall–Kier alpha value is -2.02. The molecule has 0 saturated carbocycles. The molecule has 1 saturated heterocycles. The van der Waals surface area contributed by atoms with Gasteiger partial charge in [0.15, 0.2) is 5.82 Å². The van der Waals surface area contributed by atoms with Crippen LogP contribution in [0.5, 0.6) is 0 Å². The summed E-state index contributed by atoms with van der Waals surface area (Å²) in [7, 11) is 0. The lowest BCUT2D eigenvalue weighted by Gasteiger charge is -2.37. The highest BCUT2D eigenvalue weighted by Crippen LogP contribution is 2.23. The van der Waals surface area contributed by atoms with Gasteiger partial charge in [0.05, 0.1) is 6.04 Å². The minimum Gasteiger partial charge on any atom is -0.354 e. The third-order valence-electron chi connectivity index (χ3n) is 4.72. The molecule has 1 atom stereocenters. The Bertz CT molecular complexity index is 705. The molecule has 25 heavy (non-hydrogen) atoms.